The maximum absolute atomic E-state index is 13.3. The largest absolute Gasteiger partial charge is 0.332 e. The van der Waals surface area contributed by atoms with Crippen molar-refractivity contribution in [1.29, 1.82) is 0 Å². The summed E-state index contributed by atoms with van der Waals surface area (Å²) in [6.07, 6.45) is -0.367. The molecule has 0 bridgehead atoms. The van der Waals surface area contributed by atoms with Crippen LogP contribution in [0.25, 0.3) is 0 Å². The highest BCUT2D eigenvalue weighted by Crippen LogP contribution is 2.13. The van der Waals surface area contributed by atoms with Gasteiger partial charge in [-0.15, -0.1) is 0 Å². The summed E-state index contributed by atoms with van der Waals surface area (Å²) in [5, 5.41) is 5.65. The van der Waals surface area contributed by atoms with Crippen LogP contribution in [0.4, 0.5) is 4.39 Å². The highest BCUT2D eigenvalue weighted by Gasteiger charge is 2.17. The van der Waals surface area contributed by atoms with Crippen molar-refractivity contribution in [3.8, 4) is 0 Å². The fourth-order valence-electron chi connectivity index (χ4n) is 2.84. The maximum atomic E-state index is 13.3. The van der Waals surface area contributed by atoms with Crippen molar-refractivity contribution in [1.82, 2.24) is 10.6 Å². The first kappa shape index (κ1) is 19.3. The molecule has 3 aromatic carbocycles. The van der Waals surface area contributed by atoms with Crippen LogP contribution in [0.1, 0.15) is 22.9 Å². The van der Waals surface area contributed by atoms with E-state index in [9.17, 15) is 14.0 Å². The van der Waals surface area contributed by atoms with Crippen molar-refractivity contribution in [2.24, 2.45) is 0 Å². The molecule has 3 aromatic rings. The molecule has 0 spiro atoms. The lowest BCUT2D eigenvalue weighted by Gasteiger charge is -2.21. The van der Waals surface area contributed by atoms with Crippen LogP contribution in [0.5, 0.6) is 0 Å². The third-order valence-corrected chi connectivity index (χ3v) is 4.23. The van der Waals surface area contributed by atoms with Gasteiger partial charge in [-0.05, 0) is 28.8 Å². The van der Waals surface area contributed by atoms with Crippen LogP contribution < -0.4 is 10.6 Å². The third-order valence-electron chi connectivity index (χ3n) is 4.23. The molecule has 28 heavy (non-hydrogen) atoms. The van der Waals surface area contributed by atoms with E-state index in [1.165, 1.54) is 12.1 Å². The summed E-state index contributed by atoms with van der Waals surface area (Å²) in [4.78, 5) is 24.9. The zero-order valence-corrected chi connectivity index (χ0v) is 15.3. The molecule has 0 aromatic heterocycles. The van der Waals surface area contributed by atoms with Gasteiger partial charge in [-0.1, -0.05) is 72.8 Å². The molecule has 0 aliphatic heterocycles. The van der Waals surface area contributed by atoms with E-state index < -0.39 is 6.17 Å². The number of hydrogen-bond acceptors (Lipinski definition) is 2. The lowest BCUT2D eigenvalue weighted by atomic mass is 10.1. The standard InChI is InChI=1S/C23H21FN2O2/c24-20-13-11-19(12-14-20)23(25-21(27)15-17-7-3-1-4-8-17)26-22(28)16-18-9-5-2-6-10-18/h1-14,23H,15-16H2,(H,25,27)(H,26,28). The minimum Gasteiger partial charge on any atom is -0.332 e. The van der Waals surface area contributed by atoms with Crippen molar-refractivity contribution in [2.75, 3.05) is 0 Å². The van der Waals surface area contributed by atoms with Crippen LogP contribution in [0.2, 0.25) is 0 Å². The summed E-state index contributed by atoms with van der Waals surface area (Å²) in [6.45, 7) is 0. The van der Waals surface area contributed by atoms with Gasteiger partial charge in [-0.25, -0.2) is 4.39 Å². The second-order valence-corrected chi connectivity index (χ2v) is 6.44. The summed E-state index contributed by atoms with van der Waals surface area (Å²) in [6, 6.07) is 24.4. The SMILES string of the molecule is O=C(Cc1ccccc1)NC(NC(=O)Cc1ccccc1)c1ccc(F)cc1. The van der Waals surface area contributed by atoms with Gasteiger partial charge in [0.25, 0.3) is 0 Å². The van der Waals surface area contributed by atoms with Crippen molar-refractivity contribution in [3.05, 3.63) is 107 Å². The molecule has 2 amide bonds. The predicted molar refractivity (Wildman–Crippen MR) is 106 cm³/mol. The van der Waals surface area contributed by atoms with Gasteiger partial charge in [0.05, 0.1) is 12.8 Å². The van der Waals surface area contributed by atoms with E-state index in [1.807, 2.05) is 60.7 Å². The van der Waals surface area contributed by atoms with E-state index in [-0.39, 0.29) is 30.5 Å². The summed E-state index contributed by atoms with van der Waals surface area (Å²) >= 11 is 0. The second kappa shape index (κ2) is 9.46. The van der Waals surface area contributed by atoms with Gasteiger partial charge in [0, 0.05) is 0 Å². The molecule has 0 fully saturated rings. The van der Waals surface area contributed by atoms with Gasteiger partial charge in [-0.2, -0.15) is 0 Å². The van der Waals surface area contributed by atoms with Gasteiger partial charge in [-0.3, -0.25) is 9.59 Å². The molecule has 2 N–H and O–H groups in total. The Morgan fingerprint density at radius 1 is 0.679 bits per heavy atom. The van der Waals surface area contributed by atoms with E-state index in [2.05, 4.69) is 10.6 Å². The molecule has 0 saturated heterocycles. The van der Waals surface area contributed by atoms with Gasteiger partial charge in [0.2, 0.25) is 11.8 Å². The number of nitrogens with one attached hydrogen (secondary N) is 2. The van der Waals surface area contributed by atoms with Crippen LogP contribution in [-0.4, -0.2) is 11.8 Å². The van der Waals surface area contributed by atoms with Crippen molar-refractivity contribution >= 4 is 11.8 Å². The topological polar surface area (TPSA) is 58.2 Å². The molecule has 0 saturated carbocycles. The molecule has 0 radical (unpaired) electrons. The number of rotatable bonds is 7. The average molecular weight is 376 g/mol. The van der Waals surface area contributed by atoms with E-state index in [4.69, 9.17) is 0 Å². The molecular weight excluding hydrogens is 355 g/mol. The fourth-order valence-corrected chi connectivity index (χ4v) is 2.84. The molecule has 0 atom stereocenters. The summed E-state index contributed by atoms with van der Waals surface area (Å²) in [7, 11) is 0. The van der Waals surface area contributed by atoms with Gasteiger partial charge in [0.1, 0.15) is 12.0 Å². The Balaban J connectivity index is 1.70. The number of amides is 2. The van der Waals surface area contributed by atoms with Crippen LogP contribution in [-0.2, 0) is 22.4 Å². The lowest BCUT2D eigenvalue weighted by Crippen LogP contribution is -2.42. The molecule has 142 valence electrons. The minimum atomic E-state index is -0.743. The summed E-state index contributed by atoms with van der Waals surface area (Å²) in [5.41, 5.74) is 2.34. The molecule has 0 unspecified atom stereocenters. The average Bonchev–Trinajstić information content (AvgIpc) is 2.69. The zero-order valence-electron chi connectivity index (χ0n) is 15.3. The number of hydrogen-bond donors (Lipinski definition) is 2. The molecule has 0 aliphatic carbocycles. The van der Waals surface area contributed by atoms with E-state index in [0.29, 0.717) is 5.56 Å². The monoisotopic (exact) mass is 376 g/mol. The summed E-state index contributed by atoms with van der Waals surface area (Å²) < 4.78 is 13.3. The Labute approximate surface area is 163 Å². The lowest BCUT2D eigenvalue weighted by molar-refractivity contribution is -0.123. The van der Waals surface area contributed by atoms with Crippen LogP contribution >= 0.6 is 0 Å². The Kier molecular flexibility index (Phi) is 6.52. The van der Waals surface area contributed by atoms with Crippen molar-refractivity contribution < 1.29 is 14.0 Å². The molecule has 0 heterocycles. The van der Waals surface area contributed by atoms with E-state index >= 15 is 0 Å². The Morgan fingerprint density at radius 3 is 1.54 bits per heavy atom. The first-order valence-electron chi connectivity index (χ1n) is 9.02. The Bertz CT molecular complexity index is 857. The number of halogens is 1. The number of benzene rings is 3. The molecular formula is C23H21FN2O2. The predicted octanol–water partition coefficient (Wildman–Crippen LogP) is 3.54. The van der Waals surface area contributed by atoms with Gasteiger partial charge in [0.15, 0.2) is 0 Å². The fraction of sp³-hybridized carbons (Fsp3) is 0.130. The van der Waals surface area contributed by atoms with Gasteiger partial charge >= 0.3 is 0 Å². The second-order valence-electron chi connectivity index (χ2n) is 6.44. The number of carbonyl (C=O) groups excluding carboxylic acids is 2. The molecule has 0 aliphatic rings. The smallest absolute Gasteiger partial charge is 0.226 e. The first-order chi connectivity index (χ1) is 13.6. The summed E-state index contributed by atoms with van der Waals surface area (Å²) in [5.74, 6) is -0.852. The number of carbonyl (C=O) groups is 2. The zero-order chi connectivity index (χ0) is 19.8. The molecule has 4 nitrogen and oxygen atoms in total. The normalized spacial score (nSPS) is 10.5. The van der Waals surface area contributed by atoms with Crippen LogP contribution in [0.3, 0.4) is 0 Å². The Hall–Kier alpha value is -3.47. The van der Waals surface area contributed by atoms with Gasteiger partial charge < -0.3 is 10.6 Å². The van der Waals surface area contributed by atoms with Crippen molar-refractivity contribution in [3.63, 3.8) is 0 Å². The highest BCUT2D eigenvalue weighted by atomic mass is 19.1. The van der Waals surface area contributed by atoms with E-state index in [0.717, 1.165) is 11.1 Å². The third kappa shape index (κ3) is 5.77. The van der Waals surface area contributed by atoms with Crippen LogP contribution in [0.15, 0.2) is 84.9 Å². The quantitative estimate of drug-likeness (QED) is 0.620. The minimum absolute atomic E-state index is 0.188. The first-order valence-corrected chi connectivity index (χ1v) is 9.02. The van der Waals surface area contributed by atoms with Crippen LogP contribution in [0, 0.1) is 5.82 Å². The van der Waals surface area contributed by atoms with E-state index in [1.54, 1.807) is 12.1 Å². The maximum Gasteiger partial charge on any atom is 0.226 e. The Morgan fingerprint density at radius 2 is 1.11 bits per heavy atom. The molecule has 3 rings (SSSR count). The van der Waals surface area contributed by atoms with Crippen molar-refractivity contribution in [2.45, 2.75) is 19.0 Å². The highest BCUT2D eigenvalue weighted by molar-refractivity contribution is 5.82. The molecule has 5 heteroatoms.